The molecule has 0 bridgehead atoms. The van der Waals surface area contributed by atoms with Gasteiger partial charge < -0.3 is 24.8 Å². The second-order valence-corrected chi connectivity index (χ2v) is 6.25. The van der Waals surface area contributed by atoms with E-state index in [2.05, 4.69) is 15.6 Å². The highest BCUT2D eigenvalue weighted by molar-refractivity contribution is 6.08. The molecule has 2 aromatic carbocycles. The van der Waals surface area contributed by atoms with Crippen LogP contribution < -0.4 is 24.8 Å². The number of hydrogen-bond acceptors (Lipinski definition) is 6. The Labute approximate surface area is 169 Å². The number of pyridine rings is 1. The summed E-state index contributed by atoms with van der Waals surface area (Å²) >= 11 is 0. The summed E-state index contributed by atoms with van der Waals surface area (Å²) in [6, 6.07) is 14.6. The highest BCUT2D eigenvalue weighted by atomic mass is 16.5. The van der Waals surface area contributed by atoms with Crippen molar-refractivity contribution < 1.29 is 19.0 Å². The molecule has 2 N–H and O–H groups in total. The van der Waals surface area contributed by atoms with Gasteiger partial charge in [0.1, 0.15) is 28.6 Å². The van der Waals surface area contributed by atoms with Crippen molar-refractivity contribution in [3.8, 4) is 17.2 Å². The standard InChI is InChI=1S/C22H23N3O4/c1-14-8-10-17(27-2)16(12-14)25-20-11-9-15(13-23-20)24-22(26)21-18(28-3)6-5-7-19(21)29-4/h5-13H,1-4H3,(H,23,25)(H,24,26). The fourth-order valence-corrected chi connectivity index (χ4v) is 2.87. The van der Waals surface area contributed by atoms with Gasteiger partial charge in [0, 0.05) is 0 Å². The van der Waals surface area contributed by atoms with E-state index < -0.39 is 0 Å². The van der Waals surface area contributed by atoms with Gasteiger partial charge in [-0.3, -0.25) is 4.79 Å². The Morgan fingerprint density at radius 2 is 1.59 bits per heavy atom. The summed E-state index contributed by atoms with van der Waals surface area (Å²) < 4.78 is 15.9. The fraction of sp³-hybridized carbons (Fsp3) is 0.182. The Kier molecular flexibility index (Phi) is 6.19. The summed E-state index contributed by atoms with van der Waals surface area (Å²) in [6.07, 6.45) is 1.57. The minimum atomic E-state index is -0.345. The SMILES string of the molecule is COc1ccc(C)cc1Nc1ccc(NC(=O)c2c(OC)cccc2OC)cn1. The van der Waals surface area contributed by atoms with Crippen molar-refractivity contribution in [1.29, 1.82) is 0 Å². The molecule has 0 atom stereocenters. The molecule has 0 radical (unpaired) electrons. The maximum Gasteiger partial charge on any atom is 0.263 e. The van der Waals surface area contributed by atoms with Crippen molar-refractivity contribution in [3.05, 3.63) is 65.9 Å². The highest BCUT2D eigenvalue weighted by Crippen LogP contribution is 2.30. The topological polar surface area (TPSA) is 81.7 Å². The Balaban J connectivity index is 1.77. The van der Waals surface area contributed by atoms with Gasteiger partial charge in [0.25, 0.3) is 5.91 Å². The fourth-order valence-electron chi connectivity index (χ4n) is 2.87. The molecule has 1 aromatic heterocycles. The number of aryl methyl sites for hydroxylation is 1. The number of aromatic nitrogens is 1. The van der Waals surface area contributed by atoms with Crippen molar-refractivity contribution in [2.45, 2.75) is 6.92 Å². The third kappa shape index (κ3) is 4.57. The number of ether oxygens (including phenoxy) is 3. The van der Waals surface area contributed by atoms with Crippen molar-refractivity contribution in [3.63, 3.8) is 0 Å². The summed E-state index contributed by atoms with van der Waals surface area (Å²) in [5.41, 5.74) is 2.78. The molecule has 7 nitrogen and oxygen atoms in total. The smallest absolute Gasteiger partial charge is 0.263 e. The zero-order chi connectivity index (χ0) is 20.8. The molecule has 0 saturated carbocycles. The Morgan fingerprint density at radius 3 is 2.17 bits per heavy atom. The van der Waals surface area contributed by atoms with Gasteiger partial charge in [-0.25, -0.2) is 4.98 Å². The molecule has 1 heterocycles. The van der Waals surface area contributed by atoms with E-state index in [9.17, 15) is 4.79 Å². The number of methoxy groups -OCH3 is 3. The number of anilines is 3. The lowest BCUT2D eigenvalue weighted by molar-refractivity contribution is 0.102. The molecule has 1 amide bonds. The van der Waals surface area contributed by atoms with E-state index in [-0.39, 0.29) is 5.91 Å². The number of rotatable bonds is 7. The van der Waals surface area contributed by atoms with Gasteiger partial charge in [-0.1, -0.05) is 12.1 Å². The Hall–Kier alpha value is -3.74. The molecule has 29 heavy (non-hydrogen) atoms. The van der Waals surface area contributed by atoms with Crippen LogP contribution in [0.15, 0.2) is 54.7 Å². The largest absolute Gasteiger partial charge is 0.496 e. The molecule has 0 unspecified atom stereocenters. The van der Waals surface area contributed by atoms with Crippen LogP contribution in [0, 0.1) is 6.92 Å². The van der Waals surface area contributed by atoms with Crippen LogP contribution in [-0.2, 0) is 0 Å². The van der Waals surface area contributed by atoms with Crippen LogP contribution in [0.1, 0.15) is 15.9 Å². The number of nitrogens with one attached hydrogen (secondary N) is 2. The molecule has 0 spiro atoms. The lowest BCUT2D eigenvalue weighted by Crippen LogP contribution is -2.14. The summed E-state index contributed by atoms with van der Waals surface area (Å²) in [5.74, 6) is 1.86. The van der Waals surface area contributed by atoms with Gasteiger partial charge >= 0.3 is 0 Å². The zero-order valence-corrected chi connectivity index (χ0v) is 16.8. The van der Waals surface area contributed by atoms with E-state index in [1.54, 1.807) is 43.6 Å². The van der Waals surface area contributed by atoms with E-state index in [4.69, 9.17) is 14.2 Å². The van der Waals surface area contributed by atoms with E-state index in [1.165, 1.54) is 14.2 Å². The molecule has 0 aliphatic carbocycles. The second-order valence-electron chi connectivity index (χ2n) is 6.25. The van der Waals surface area contributed by atoms with Crippen molar-refractivity contribution in [1.82, 2.24) is 4.98 Å². The third-order valence-corrected chi connectivity index (χ3v) is 4.29. The van der Waals surface area contributed by atoms with Crippen LogP contribution in [-0.4, -0.2) is 32.2 Å². The molecule has 0 aliphatic rings. The monoisotopic (exact) mass is 393 g/mol. The van der Waals surface area contributed by atoms with Crippen molar-refractivity contribution in [2.75, 3.05) is 32.0 Å². The average molecular weight is 393 g/mol. The number of hydrogen-bond donors (Lipinski definition) is 2. The first-order valence-corrected chi connectivity index (χ1v) is 8.95. The van der Waals surface area contributed by atoms with Gasteiger partial charge in [0.2, 0.25) is 0 Å². The van der Waals surface area contributed by atoms with Crippen molar-refractivity contribution >= 4 is 23.1 Å². The summed E-state index contributed by atoms with van der Waals surface area (Å²) in [6.45, 7) is 2.00. The molecule has 7 heteroatoms. The molecule has 0 saturated heterocycles. The quantitative estimate of drug-likeness (QED) is 0.619. The molecular weight excluding hydrogens is 370 g/mol. The number of benzene rings is 2. The van der Waals surface area contributed by atoms with Gasteiger partial charge in [0.05, 0.1) is 38.9 Å². The van der Waals surface area contributed by atoms with Crippen LogP contribution in [0.3, 0.4) is 0 Å². The lowest BCUT2D eigenvalue weighted by Gasteiger charge is -2.14. The van der Waals surface area contributed by atoms with Crippen LogP contribution >= 0.6 is 0 Å². The number of carbonyl (C=O) groups excluding carboxylic acids is 1. The van der Waals surface area contributed by atoms with Gasteiger partial charge in [-0.15, -0.1) is 0 Å². The van der Waals surface area contributed by atoms with E-state index in [1.807, 2.05) is 25.1 Å². The zero-order valence-electron chi connectivity index (χ0n) is 16.8. The molecule has 0 aliphatic heterocycles. The Bertz CT molecular complexity index is 981. The van der Waals surface area contributed by atoms with Crippen LogP contribution in [0.25, 0.3) is 0 Å². The molecule has 150 valence electrons. The second kappa shape index (κ2) is 8.97. The maximum atomic E-state index is 12.7. The number of carbonyl (C=O) groups is 1. The van der Waals surface area contributed by atoms with Crippen LogP contribution in [0.2, 0.25) is 0 Å². The summed E-state index contributed by atoms with van der Waals surface area (Å²) in [7, 11) is 4.63. The third-order valence-electron chi connectivity index (χ3n) is 4.29. The first kappa shape index (κ1) is 20.0. The van der Waals surface area contributed by atoms with E-state index >= 15 is 0 Å². The van der Waals surface area contributed by atoms with Crippen LogP contribution in [0.5, 0.6) is 17.2 Å². The number of amides is 1. The lowest BCUT2D eigenvalue weighted by atomic mass is 10.1. The minimum absolute atomic E-state index is 0.323. The predicted molar refractivity (Wildman–Crippen MR) is 113 cm³/mol. The summed E-state index contributed by atoms with van der Waals surface area (Å²) in [4.78, 5) is 17.1. The van der Waals surface area contributed by atoms with Gasteiger partial charge in [-0.05, 0) is 48.9 Å². The average Bonchev–Trinajstić information content (AvgIpc) is 2.74. The van der Waals surface area contributed by atoms with Crippen molar-refractivity contribution in [2.24, 2.45) is 0 Å². The molecule has 3 rings (SSSR count). The van der Waals surface area contributed by atoms with Gasteiger partial charge in [-0.2, -0.15) is 0 Å². The molecular formula is C22H23N3O4. The predicted octanol–water partition coefficient (Wildman–Crippen LogP) is 4.41. The summed E-state index contributed by atoms with van der Waals surface area (Å²) in [5, 5.41) is 6.04. The normalized spacial score (nSPS) is 10.2. The Morgan fingerprint density at radius 1 is 0.897 bits per heavy atom. The molecule has 3 aromatic rings. The first-order chi connectivity index (χ1) is 14.0. The minimum Gasteiger partial charge on any atom is -0.496 e. The first-order valence-electron chi connectivity index (χ1n) is 8.95. The number of nitrogens with zero attached hydrogens (tertiary/aromatic N) is 1. The highest BCUT2D eigenvalue weighted by Gasteiger charge is 2.18. The maximum absolute atomic E-state index is 12.7. The van der Waals surface area contributed by atoms with Crippen LogP contribution in [0.4, 0.5) is 17.2 Å². The van der Waals surface area contributed by atoms with E-state index in [0.717, 1.165) is 17.0 Å². The molecule has 0 fully saturated rings. The van der Waals surface area contributed by atoms with Gasteiger partial charge in [0.15, 0.2) is 0 Å². The van der Waals surface area contributed by atoms with E-state index in [0.29, 0.717) is 28.6 Å².